The van der Waals surface area contributed by atoms with E-state index in [1.807, 2.05) is 24.0 Å². The highest BCUT2D eigenvalue weighted by atomic mass is 19.4. The summed E-state index contributed by atoms with van der Waals surface area (Å²) in [6.45, 7) is 3.89. The topological polar surface area (TPSA) is 94.4 Å². The second-order valence-electron chi connectivity index (χ2n) is 11.4. The summed E-state index contributed by atoms with van der Waals surface area (Å²) in [5.41, 5.74) is 10.8. The summed E-state index contributed by atoms with van der Waals surface area (Å²) in [6.07, 6.45) is 6.78. The van der Waals surface area contributed by atoms with Crippen molar-refractivity contribution in [2.24, 2.45) is 11.7 Å². The Morgan fingerprint density at radius 2 is 1.76 bits per heavy atom. The Kier molecular flexibility index (Phi) is 7.61. The van der Waals surface area contributed by atoms with Gasteiger partial charge in [0.1, 0.15) is 5.75 Å². The van der Waals surface area contributed by atoms with Gasteiger partial charge in [0.05, 0.1) is 18.1 Å². The summed E-state index contributed by atoms with van der Waals surface area (Å²) in [6, 6.07) is 14.4. The number of nitrogens with one attached hydrogen (secondary N) is 1. The Hall–Kier alpha value is -3.99. The second-order valence-corrected chi connectivity index (χ2v) is 11.4. The summed E-state index contributed by atoms with van der Waals surface area (Å²) in [4.78, 5) is 6.85. The van der Waals surface area contributed by atoms with E-state index in [1.165, 1.54) is 30.0 Å². The number of aromatic nitrogens is 3. The minimum atomic E-state index is -4.74. The summed E-state index contributed by atoms with van der Waals surface area (Å²) < 4.78 is 49.3. The van der Waals surface area contributed by atoms with Crippen LogP contribution in [0.25, 0.3) is 17.0 Å². The summed E-state index contributed by atoms with van der Waals surface area (Å²) >= 11 is 0. The number of rotatable bonds is 7. The molecule has 0 bridgehead atoms. The third kappa shape index (κ3) is 6.11. The molecule has 1 saturated heterocycles. The highest BCUT2D eigenvalue weighted by molar-refractivity contribution is 5.59. The number of hydrogen-bond donors (Lipinski definition) is 2. The molecular formula is C31H35F3N6O2. The first-order chi connectivity index (χ1) is 20.2. The zero-order valence-electron chi connectivity index (χ0n) is 23.5. The average molecular weight is 581 g/mol. The molecule has 42 heavy (non-hydrogen) atoms. The highest BCUT2D eigenvalue weighted by Crippen LogP contribution is 2.40. The average Bonchev–Trinajstić information content (AvgIpc) is 3.63. The van der Waals surface area contributed by atoms with Crippen LogP contribution in [0.5, 0.6) is 5.75 Å². The predicted octanol–water partition coefficient (Wildman–Crippen LogP) is 6.70. The van der Waals surface area contributed by atoms with Crippen molar-refractivity contribution in [3.8, 4) is 22.8 Å². The van der Waals surface area contributed by atoms with Crippen molar-refractivity contribution in [1.82, 2.24) is 14.8 Å². The van der Waals surface area contributed by atoms with Gasteiger partial charge in [0.15, 0.2) is 5.76 Å². The number of ether oxygens (including phenoxy) is 1. The van der Waals surface area contributed by atoms with E-state index in [0.717, 1.165) is 62.9 Å². The number of alkyl halides is 3. The van der Waals surface area contributed by atoms with Gasteiger partial charge in [-0.15, -0.1) is 13.2 Å². The van der Waals surface area contributed by atoms with E-state index < -0.39 is 11.9 Å². The molecule has 2 aromatic heterocycles. The van der Waals surface area contributed by atoms with Crippen LogP contribution >= 0.6 is 0 Å². The Morgan fingerprint density at radius 1 is 1.00 bits per heavy atom. The summed E-state index contributed by atoms with van der Waals surface area (Å²) in [5, 5.41) is 7.89. The summed E-state index contributed by atoms with van der Waals surface area (Å²) in [7, 11) is 0. The van der Waals surface area contributed by atoms with Gasteiger partial charge >= 0.3 is 6.36 Å². The first-order valence-corrected chi connectivity index (χ1v) is 14.4. The number of halogens is 3. The van der Waals surface area contributed by atoms with E-state index in [0.29, 0.717) is 17.3 Å². The maximum atomic E-state index is 12.5. The zero-order valence-corrected chi connectivity index (χ0v) is 23.5. The van der Waals surface area contributed by atoms with Crippen molar-refractivity contribution in [2.45, 2.75) is 63.4 Å². The van der Waals surface area contributed by atoms with Crippen molar-refractivity contribution in [3.63, 3.8) is 0 Å². The number of aryl methyl sites for hydroxylation is 1. The molecule has 0 spiro atoms. The molecule has 2 aliphatic rings. The Balaban J connectivity index is 1.13. The van der Waals surface area contributed by atoms with E-state index in [2.05, 4.69) is 49.3 Å². The molecule has 1 aliphatic heterocycles. The van der Waals surface area contributed by atoms with Crippen LogP contribution in [0, 0.1) is 12.8 Å². The molecule has 2 unspecified atom stereocenters. The minimum Gasteiger partial charge on any atom is -0.424 e. The van der Waals surface area contributed by atoms with Gasteiger partial charge in [-0.3, -0.25) is 0 Å². The van der Waals surface area contributed by atoms with Crippen molar-refractivity contribution in [1.29, 1.82) is 0 Å². The normalized spacial score (nSPS) is 23.1. The van der Waals surface area contributed by atoms with Crippen molar-refractivity contribution >= 4 is 11.7 Å². The van der Waals surface area contributed by atoms with Crippen LogP contribution in [-0.2, 0) is 0 Å². The standard InChI is InChI=1S/C31H35F3N6O2/c1-21-17-37-40(19-21)25-11-9-24(10-12-25)39-16-4-5-23(20-39)30(35)15-3-2-6-28(30)38-29-36-18-27(41-29)22-7-13-26(14-8-22)42-31(32,33)34/h7-14,17-19,23,28H,2-6,15-16,20,35H2,1H3,(H,36,38)/t23?,28?,30-/m0/s1. The number of piperidine rings is 1. The highest BCUT2D eigenvalue weighted by Gasteiger charge is 2.45. The lowest BCUT2D eigenvalue weighted by Gasteiger charge is -2.50. The van der Waals surface area contributed by atoms with Gasteiger partial charge in [-0.1, -0.05) is 12.8 Å². The fourth-order valence-electron chi connectivity index (χ4n) is 6.38. The molecule has 6 rings (SSSR count). The first-order valence-electron chi connectivity index (χ1n) is 14.4. The number of hydrogen-bond acceptors (Lipinski definition) is 7. The van der Waals surface area contributed by atoms with Crippen molar-refractivity contribution in [3.05, 3.63) is 72.7 Å². The van der Waals surface area contributed by atoms with Gasteiger partial charge in [-0.2, -0.15) is 5.10 Å². The van der Waals surface area contributed by atoms with Crippen molar-refractivity contribution in [2.75, 3.05) is 23.3 Å². The molecule has 2 fully saturated rings. The lowest BCUT2D eigenvalue weighted by atomic mass is 9.67. The zero-order chi connectivity index (χ0) is 29.3. The Morgan fingerprint density at radius 3 is 2.48 bits per heavy atom. The van der Waals surface area contributed by atoms with Crippen LogP contribution in [0.1, 0.15) is 44.1 Å². The third-order valence-electron chi connectivity index (χ3n) is 8.55. The molecule has 4 aromatic rings. The molecule has 1 aliphatic carbocycles. The predicted molar refractivity (Wildman–Crippen MR) is 155 cm³/mol. The van der Waals surface area contributed by atoms with Gasteiger partial charge in [0.2, 0.25) is 0 Å². The molecular weight excluding hydrogens is 545 g/mol. The van der Waals surface area contributed by atoms with E-state index >= 15 is 0 Å². The van der Waals surface area contributed by atoms with Crippen LogP contribution in [0.15, 0.2) is 71.5 Å². The van der Waals surface area contributed by atoms with Crippen LogP contribution < -0.4 is 20.7 Å². The van der Waals surface area contributed by atoms with E-state index in [4.69, 9.17) is 10.2 Å². The van der Waals surface area contributed by atoms with Gasteiger partial charge in [0.25, 0.3) is 6.01 Å². The number of benzene rings is 2. The van der Waals surface area contributed by atoms with Gasteiger partial charge in [-0.05, 0) is 92.6 Å². The number of nitrogens with zero attached hydrogens (tertiary/aromatic N) is 4. The molecule has 0 amide bonds. The largest absolute Gasteiger partial charge is 0.573 e. The quantitative estimate of drug-likeness (QED) is 0.251. The third-order valence-corrected chi connectivity index (χ3v) is 8.55. The molecule has 1 saturated carbocycles. The van der Waals surface area contributed by atoms with Crippen LogP contribution in [0.3, 0.4) is 0 Å². The van der Waals surface area contributed by atoms with Crippen molar-refractivity contribution < 1.29 is 22.3 Å². The van der Waals surface area contributed by atoms with Crippen LogP contribution in [0.4, 0.5) is 24.9 Å². The summed E-state index contributed by atoms with van der Waals surface area (Å²) in [5.74, 6) is 0.449. The Bertz CT molecular complexity index is 1480. The number of oxazole rings is 1. The maximum absolute atomic E-state index is 12.5. The monoisotopic (exact) mass is 580 g/mol. The van der Waals surface area contributed by atoms with E-state index in [-0.39, 0.29) is 17.7 Å². The molecule has 2 aromatic carbocycles. The van der Waals surface area contributed by atoms with E-state index in [1.54, 1.807) is 6.20 Å². The lowest BCUT2D eigenvalue weighted by molar-refractivity contribution is -0.274. The fourth-order valence-corrected chi connectivity index (χ4v) is 6.38. The van der Waals surface area contributed by atoms with Gasteiger partial charge < -0.3 is 25.1 Å². The molecule has 3 N–H and O–H groups in total. The van der Waals surface area contributed by atoms with Gasteiger partial charge in [-0.25, -0.2) is 9.67 Å². The maximum Gasteiger partial charge on any atom is 0.573 e. The molecule has 8 nitrogen and oxygen atoms in total. The molecule has 11 heteroatoms. The minimum absolute atomic E-state index is 0.0179. The first kappa shape index (κ1) is 28.1. The molecule has 3 heterocycles. The van der Waals surface area contributed by atoms with E-state index in [9.17, 15) is 13.2 Å². The Labute approximate surface area is 242 Å². The SMILES string of the molecule is Cc1cnn(-c2ccc(N3CCCC([C@@]4(N)CCCCC4Nc4ncc(-c5ccc(OC(F)(F)F)cc5)o4)C3)cc2)c1. The molecule has 3 atom stereocenters. The van der Waals surface area contributed by atoms with Gasteiger partial charge in [0, 0.05) is 42.1 Å². The number of nitrogens with two attached hydrogens (primary N) is 1. The lowest BCUT2D eigenvalue weighted by Crippen LogP contribution is -2.63. The molecule has 222 valence electrons. The molecule has 0 radical (unpaired) electrons. The fraction of sp³-hybridized carbons (Fsp3) is 0.419. The number of anilines is 2. The smallest absolute Gasteiger partial charge is 0.424 e. The van der Waals surface area contributed by atoms with Crippen LogP contribution in [-0.4, -0.2) is 45.8 Å². The second kappa shape index (κ2) is 11.4. The van der Waals surface area contributed by atoms with Crippen LogP contribution in [0.2, 0.25) is 0 Å².